The Labute approximate surface area is 183 Å². The first-order valence-electron chi connectivity index (χ1n) is 10.6. The third kappa shape index (κ3) is 6.20. The van der Waals surface area contributed by atoms with Gasteiger partial charge in [-0.15, -0.1) is 11.8 Å². The van der Waals surface area contributed by atoms with E-state index in [0.717, 1.165) is 68.0 Å². The van der Waals surface area contributed by atoms with Gasteiger partial charge in [-0.05, 0) is 24.1 Å². The lowest BCUT2D eigenvalue weighted by atomic mass is 10.1. The van der Waals surface area contributed by atoms with E-state index in [9.17, 15) is 0 Å². The van der Waals surface area contributed by atoms with Gasteiger partial charge in [-0.1, -0.05) is 29.8 Å². The zero-order valence-electron chi connectivity index (χ0n) is 17.6. The highest BCUT2D eigenvalue weighted by molar-refractivity contribution is 7.99. The molecule has 160 valence electrons. The summed E-state index contributed by atoms with van der Waals surface area (Å²) in [6.07, 6.45) is 1.94. The average molecular weight is 427 g/mol. The largest absolute Gasteiger partial charge is 0.476 e. The fraction of sp³-hybridized carbons (Fsp3) is 0.478. The Bertz CT molecular complexity index is 849. The van der Waals surface area contributed by atoms with E-state index in [1.807, 2.05) is 24.0 Å². The van der Waals surface area contributed by atoms with Gasteiger partial charge in [0, 0.05) is 44.2 Å². The average Bonchev–Trinajstić information content (AvgIpc) is 3.30. The number of hydrogen-bond donors (Lipinski definition) is 0. The molecule has 2 aliphatic rings. The molecule has 6 nitrogen and oxygen atoms in total. The van der Waals surface area contributed by atoms with Crippen LogP contribution in [0.4, 0.5) is 5.82 Å². The summed E-state index contributed by atoms with van der Waals surface area (Å²) in [7, 11) is 0. The smallest absolute Gasteiger partial charge is 0.215 e. The number of aryl methyl sites for hydroxylation is 1. The van der Waals surface area contributed by atoms with Crippen LogP contribution in [0.1, 0.15) is 16.7 Å². The SMILES string of the molecule is Cc1cccc(C=NCc2cc(OCCN3CCOCC3)nc(N3CCSC3)c2)c1. The Morgan fingerprint density at radius 3 is 2.90 bits per heavy atom. The molecular weight excluding hydrogens is 396 g/mol. The first-order valence-corrected chi connectivity index (χ1v) is 11.7. The van der Waals surface area contributed by atoms with Crippen LogP contribution in [-0.2, 0) is 11.3 Å². The lowest BCUT2D eigenvalue weighted by molar-refractivity contribution is 0.0320. The van der Waals surface area contributed by atoms with Crippen LogP contribution in [0.5, 0.6) is 5.88 Å². The third-order valence-corrected chi connectivity index (χ3v) is 6.21. The highest BCUT2D eigenvalue weighted by atomic mass is 32.2. The number of rotatable bonds is 8. The monoisotopic (exact) mass is 426 g/mol. The van der Waals surface area contributed by atoms with Crippen molar-refractivity contribution in [2.75, 3.05) is 62.5 Å². The minimum atomic E-state index is 0.615. The van der Waals surface area contributed by atoms with Crippen LogP contribution in [-0.4, -0.2) is 73.7 Å². The van der Waals surface area contributed by atoms with E-state index in [0.29, 0.717) is 19.0 Å². The molecule has 30 heavy (non-hydrogen) atoms. The van der Waals surface area contributed by atoms with Gasteiger partial charge in [0.05, 0.1) is 25.6 Å². The third-order valence-electron chi connectivity index (χ3n) is 5.24. The van der Waals surface area contributed by atoms with E-state index in [4.69, 9.17) is 14.5 Å². The van der Waals surface area contributed by atoms with Gasteiger partial charge in [-0.3, -0.25) is 9.89 Å². The number of ether oxygens (including phenoxy) is 2. The molecule has 0 saturated carbocycles. The molecule has 0 amide bonds. The van der Waals surface area contributed by atoms with Crippen molar-refractivity contribution in [3.05, 3.63) is 53.1 Å². The maximum absolute atomic E-state index is 6.05. The molecule has 1 aromatic carbocycles. The lowest BCUT2D eigenvalue weighted by Crippen LogP contribution is -2.38. The number of nitrogens with zero attached hydrogens (tertiary/aromatic N) is 4. The molecule has 2 saturated heterocycles. The van der Waals surface area contributed by atoms with Crippen molar-refractivity contribution in [2.45, 2.75) is 13.5 Å². The predicted molar refractivity (Wildman–Crippen MR) is 124 cm³/mol. The predicted octanol–water partition coefficient (Wildman–Crippen LogP) is 3.23. The second-order valence-electron chi connectivity index (χ2n) is 7.66. The number of aromatic nitrogens is 1. The van der Waals surface area contributed by atoms with Crippen LogP contribution in [0.25, 0.3) is 0 Å². The lowest BCUT2D eigenvalue weighted by Gasteiger charge is -2.26. The topological polar surface area (TPSA) is 50.2 Å². The Balaban J connectivity index is 1.41. The number of thioether (sulfide) groups is 1. The van der Waals surface area contributed by atoms with Gasteiger partial charge in [-0.25, -0.2) is 0 Å². The molecule has 0 spiro atoms. The van der Waals surface area contributed by atoms with Gasteiger partial charge in [0.2, 0.25) is 5.88 Å². The summed E-state index contributed by atoms with van der Waals surface area (Å²) in [5.41, 5.74) is 3.50. The van der Waals surface area contributed by atoms with Gasteiger partial charge in [0.1, 0.15) is 12.4 Å². The van der Waals surface area contributed by atoms with Crippen molar-refractivity contribution < 1.29 is 9.47 Å². The van der Waals surface area contributed by atoms with Crippen molar-refractivity contribution in [1.82, 2.24) is 9.88 Å². The molecule has 3 heterocycles. The molecule has 1 aromatic heterocycles. The highest BCUT2D eigenvalue weighted by Crippen LogP contribution is 2.25. The van der Waals surface area contributed by atoms with Gasteiger partial charge in [0.25, 0.3) is 0 Å². The van der Waals surface area contributed by atoms with Crippen LogP contribution in [0.15, 0.2) is 41.4 Å². The molecule has 0 bridgehead atoms. The summed E-state index contributed by atoms with van der Waals surface area (Å²) >= 11 is 1.94. The molecule has 0 unspecified atom stereocenters. The second-order valence-corrected chi connectivity index (χ2v) is 8.73. The minimum absolute atomic E-state index is 0.615. The second kappa shape index (κ2) is 10.8. The zero-order valence-corrected chi connectivity index (χ0v) is 18.4. The Morgan fingerprint density at radius 2 is 2.10 bits per heavy atom. The van der Waals surface area contributed by atoms with E-state index in [1.54, 1.807) is 0 Å². The fourth-order valence-corrected chi connectivity index (χ4v) is 4.54. The van der Waals surface area contributed by atoms with E-state index in [1.165, 1.54) is 5.56 Å². The summed E-state index contributed by atoms with van der Waals surface area (Å²) in [6.45, 7) is 8.84. The van der Waals surface area contributed by atoms with E-state index in [2.05, 4.69) is 52.0 Å². The van der Waals surface area contributed by atoms with Crippen LogP contribution in [0.2, 0.25) is 0 Å². The Hall–Kier alpha value is -2.09. The van der Waals surface area contributed by atoms with Crippen LogP contribution in [0, 0.1) is 6.92 Å². The van der Waals surface area contributed by atoms with Crippen molar-refractivity contribution in [3.8, 4) is 5.88 Å². The summed E-state index contributed by atoms with van der Waals surface area (Å²) in [4.78, 5) is 14.1. The first-order chi connectivity index (χ1) is 14.8. The van der Waals surface area contributed by atoms with Gasteiger partial charge >= 0.3 is 0 Å². The first kappa shape index (κ1) is 21.2. The fourth-order valence-electron chi connectivity index (χ4n) is 3.58. The van der Waals surface area contributed by atoms with Crippen LogP contribution < -0.4 is 9.64 Å². The Morgan fingerprint density at radius 1 is 1.20 bits per heavy atom. The van der Waals surface area contributed by atoms with E-state index in [-0.39, 0.29) is 0 Å². The molecule has 2 fully saturated rings. The molecule has 0 atom stereocenters. The molecule has 0 radical (unpaired) electrons. The Kier molecular flexibility index (Phi) is 7.61. The standard InChI is InChI=1S/C23H30N4O2S/c1-19-3-2-4-20(13-19)16-24-17-21-14-22(27-8-12-30-18-27)25-23(15-21)29-11-7-26-5-9-28-10-6-26/h2-4,13-16H,5-12,17-18H2,1H3. The molecule has 0 aliphatic carbocycles. The summed E-state index contributed by atoms with van der Waals surface area (Å²) in [6, 6.07) is 12.6. The van der Waals surface area contributed by atoms with Gasteiger partial charge < -0.3 is 14.4 Å². The van der Waals surface area contributed by atoms with Crippen molar-refractivity contribution >= 4 is 23.8 Å². The van der Waals surface area contributed by atoms with Gasteiger partial charge in [0.15, 0.2) is 0 Å². The quantitative estimate of drug-likeness (QED) is 0.604. The van der Waals surface area contributed by atoms with E-state index >= 15 is 0 Å². The molecular formula is C23H30N4O2S. The molecule has 0 N–H and O–H groups in total. The van der Waals surface area contributed by atoms with Gasteiger partial charge in [-0.2, -0.15) is 4.98 Å². The normalized spacial score (nSPS) is 17.7. The van der Waals surface area contributed by atoms with E-state index < -0.39 is 0 Å². The molecule has 7 heteroatoms. The zero-order chi connectivity index (χ0) is 20.6. The minimum Gasteiger partial charge on any atom is -0.476 e. The molecule has 2 aromatic rings. The number of hydrogen-bond acceptors (Lipinski definition) is 7. The van der Waals surface area contributed by atoms with Crippen molar-refractivity contribution in [2.24, 2.45) is 4.99 Å². The number of benzene rings is 1. The molecule has 4 rings (SSSR count). The van der Waals surface area contributed by atoms with Crippen LogP contribution >= 0.6 is 11.8 Å². The number of anilines is 1. The van der Waals surface area contributed by atoms with Crippen molar-refractivity contribution in [1.29, 1.82) is 0 Å². The van der Waals surface area contributed by atoms with Crippen molar-refractivity contribution in [3.63, 3.8) is 0 Å². The maximum Gasteiger partial charge on any atom is 0.215 e. The number of morpholine rings is 1. The summed E-state index contributed by atoms with van der Waals surface area (Å²) in [5.74, 6) is 3.81. The summed E-state index contributed by atoms with van der Waals surface area (Å²) in [5, 5.41) is 0. The maximum atomic E-state index is 6.05. The number of aliphatic imine (C=N–C) groups is 1. The molecule has 2 aliphatic heterocycles. The summed E-state index contributed by atoms with van der Waals surface area (Å²) < 4.78 is 11.5. The van der Waals surface area contributed by atoms with Crippen LogP contribution in [0.3, 0.4) is 0 Å². The number of pyridine rings is 1. The highest BCUT2D eigenvalue weighted by Gasteiger charge is 2.16.